The van der Waals surface area contributed by atoms with Gasteiger partial charge in [0.2, 0.25) is 0 Å². The Morgan fingerprint density at radius 2 is 0.308 bits per heavy atom. The van der Waals surface area contributed by atoms with E-state index in [0.29, 0.717) is 0 Å². The molecule has 0 fully saturated rings. The normalized spacial score (nSPS) is 0. The van der Waals surface area contributed by atoms with Crippen molar-refractivity contribution in [3.05, 3.63) is 24.6 Å². The molecule has 0 amide bonds. The summed E-state index contributed by atoms with van der Waals surface area (Å²) in [4.78, 5) is 0. The van der Waals surface area contributed by atoms with Gasteiger partial charge >= 0.3 is 65.2 Å². The minimum atomic E-state index is 0. The molecular weight excluding hydrogens is 631 g/mol. The van der Waals surface area contributed by atoms with Crippen LogP contribution in [-0.4, -0.2) is 0 Å². The zero-order valence-corrected chi connectivity index (χ0v) is 21.4. The van der Waals surface area contributed by atoms with Crippen LogP contribution >= 0.6 is 0 Å². The second kappa shape index (κ2) is 140. The van der Waals surface area contributed by atoms with Crippen LogP contribution in [0.1, 0.15) is 0 Å². The molecule has 0 radical (unpaired) electrons. The molecule has 0 aliphatic rings. The van der Waals surface area contributed by atoms with Crippen LogP contribution in [0.15, 0.2) is 0 Å². The Labute approximate surface area is 213 Å². The Balaban J connectivity index is 0. The van der Waals surface area contributed by atoms with Crippen molar-refractivity contribution in [2.45, 2.75) is 0 Å². The SMILES string of the molecule is [Mo].[Mo].[Mo].[N-3].[N-3].[N-3].[N-3].[Ti+4].[Ti+4].[Ti+4].[Ti].[Ti].[Ti]. The Bertz CT molecular complexity index is 19.8. The summed E-state index contributed by atoms with van der Waals surface area (Å²) < 4.78 is 0. The molecule has 13 heavy (non-hydrogen) atoms. The first-order valence-electron chi connectivity index (χ1n) is 0. The molecule has 0 aliphatic heterocycles. The standard InChI is InChI=1S/3Mo.4N.6Ti/q;;;4*-3;;;;3*+4. The second-order valence-electron chi connectivity index (χ2n) is 0. The number of rotatable bonds is 0. The predicted molar refractivity (Wildman–Crippen MR) is 13.4 cm³/mol. The molecule has 0 bridgehead atoms. The zero-order chi connectivity index (χ0) is 0. The molecule has 0 unspecified atom stereocenters. The largest absolute Gasteiger partial charge is 4.00 e. The van der Waals surface area contributed by atoms with Gasteiger partial charge in [-0.05, 0) is 0 Å². The Kier molecular flexibility index (Phi) is 1790. The number of nitrogens with zero attached hydrogens (tertiary/aromatic N) is 4. The quantitative estimate of drug-likeness (QED) is 0.357. The van der Waals surface area contributed by atoms with E-state index in [1.807, 2.05) is 0 Å². The summed E-state index contributed by atoms with van der Waals surface area (Å²) in [5.41, 5.74) is 0. The van der Waals surface area contributed by atoms with Crippen LogP contribution < -0.4 is 0 Å². The molecule has 62 valence electrons. The van der Waals surface area contributed by atoms with Crippen LogP contribution in [0, 0.1) is 0 Å². The van der Waals surface area contributed by atoms with Gasteiger partial charge in [0.25, 0.3) is 0 Å². The van der Waals surface area contributed by atoms with E-state index in [0.717, 1.165) is 0 Å². The fourth-order valence-electron chi connectivity index (χ4n) is 0. The van der Waals surface area contributed by atoms with E-state index in [4.69, 9.17) is 0 Å². The minimum Gasteiger partial charge on any atom is -3.00 e. The van der Waals surface area contributed by atoms with Gasteiger partial charge < -0.3 is 24.6 Å². The molecule has 0 spiro atoms. The average Bonchev–Trinajstić information content (AvgIpc) is 0. The second-order valence-corrected chi connectivity index (χ2v) is 0. The molecule has 0 atom stereocenters. The van der Waals surface area contributed by atoms with Gasteiger partial charge in [-0.1, -0.05) is 0 Å². The molecule has 4 nitrogen and oxygen atoms in total. The fourth-order valence-corrected chi connectivity index (χ4v) is 0. The van der Waals surface area contributed by atoms with Gasteiger partial charge in [-0.15, -0.1) is 0 Å². The van der Waals surface area contributed by atoms with Crippen molar-refractivity contribution in [1.82, 2.24) is 0 Å². The third-order valence-electron chi connectivity index (χ3n) is 0. The van der Waals surface area contributed by atoms with Crippen LogP contribution in [0.25, 0.3) is 24.6 Å². The molecule has 0 aromatic rings. The maximum absolute atomic E-state index is 0. The van der Waals surface area contributed by atoms with Gasteiger partial charge in [0.1, 0.15) is 0 Å². The van der Waals surface area contributed by atoms with Gasteiger partial charge in [0.05, 0.1) is 0 Å². The summed E-state index contributed by atoms with van der Waals surface area (Å²) in [5, 5.41) is 0. The summed E-state index contributed by atoms with van der Waals surface area (Å²) in [6.45, 7) is 0. The third-order valence-corrected chi connectivity index (χ3v) is 0. The van der Waals surface area contributed by atoms with Crippen molar-refractivity contribution in [1.29, 1.82) is 0 Å². The summed E-state index contributed by atoms with van der Waals surface area (Å²) in [6, 6.07) is 0. The summed E-state index contributed by atoms with van der Waals surface area (Å²) in [7, 11) is 0. The van der Waals surface area contributed by atoms with Crippen molar-refractivity contribution in [3.63, 3.8) is 0 Å². The first kappa shape index (κ1) is 166. The third kappa shape index (κ3) is 124. The van der Waals surface area contributed by atoms with Gasteiger partial charge in [0, 0.05) is 128 Å². The molecule has 0 N–H and O–H groups in total. The minimum absolute atomic E-state index is 0. The molecule has 0 aromatic carbocycles. The van der Waals surface area contributed by atoms with E-state index in [-0.39, 0.29) is 218 Å². The van der Waals surface area contributed by atoms with E-state index >= 15 is 0 Å². The van der Waals surface area contributed by atoms with Crippen molar-refractivity contribution < 1.29 is 194 Å². The van der Waals surface area contributed by atoms with Crippen LogP contribution in [-0.2, 0) is 194 Å². The first-order valence-corrected chi connectivity index (χ1v) is 0. The maximum atomic E-state index is 0. The van der Waals surface area contributed by atoms with Crippen LogP contribution in [0.2, 0.25) is 0 Å². The first-order chi connectivity index (χ1) is 0. The molecule has 0 rings (SSSR count). The van der Waals surface area contributed by atoms with E-state index < -0.39 is 0 Å². The van der Waals surface area contributed by atoms with Crippen LogP contribution in [0.5, 0.6) is 0 Å². The molecule has 13 heteroatoms. The summed E-state index contributed by atoms with van der Waals surface area (Å²) >= 11 is 0. The fraction of sp³-hybridized carbons (Fsp3) is 0. The van der Waals surface area contributed by atoms with Crippen molar-refractivity contribution in [2.75, 3.05) is 0 Å². The molecule has 0 saturated heterocycles. The maximum Gasteiger partial charge on any atom is 4.00 e. The molecule has 0 heterocycles. The average molecular weight is 631 g/mol. The number of hydrogen-bond acceptors (Lipinski definition) is 0. The van der Waals surface area contributed by atoms with Crippen LogP contribution in [0.3, 0.4) is 0 Å². The van der Waals surface area contributed by atoms with E-state index in [2.05, 4.69) is 0 Å². The van der Waals surface area contributed by atoms with Gasteiger partial charge in [-0.2, -0.15) is 0 Å². The molecule has 0 aromatic heterocycles. The Morgan fingerprint density at radius 1 is 0.308 bits per heavy atom. The van der Waals surface area contributed by atoms with Gasteiger partial charge in [-0.25, -0.2) is 0 Å². The predicted octanol–water partition coefficient (Wildman–Crippen LogP) is 1.13. The smallest absolute Gasteiger partial charge is 3.00 e. The monoisotopic (exact) mass is 637 g/mol. The van der Waals surface area contributed by atoms with E-state index in [9.17, 15) is 0 Å². The van der Waals surface area contributed by atoms with Crippen LogP contribution in [0.4, 0.5) is 0 Å². The molecule has 0 saturated carbocycles. The Hall–Kier alpha value is 6.19. The molecular formula is Mo3N4Ti6. The van der Waals surface area contributed by atoms with E-state index in [1.54, 1.807) is 0 Å². The van der Waals surface area contributed by atoms with E-state index in [1.165, 1.54) is 0 Å². The zero-order valence-electron chi connectivity index (χ0n) is 6.01. The number of hydrogen-bond donors (Lipinski definition) is 0. The van der Waals surface area contributed by atoms with Crippen molar-refractivity contribution in [2.24, 2.45) is 0 Å². The Morgan fingerprint density at radius 3 is 0.308 bits per heavy atom. The topological polar surface area (TPSA) is 122 Å². The van der Waals surface area contributed by atoms with Crippen molar-refractivity contribution in [3.8, 4) is 0 Å². The summed E-state index contributed by atoms with van der Waals surface area (Å²) in [5.74, 6) is 0. The van der Waals surface area contributed by atoms with Gasteiger partial charge in [0.15, 0.2) is 0 Å². The van der Waals surface area contributed by atoms with Gasteiger partial charge in [-0.3, -0.25) is 0 Å². The molecule has 0 aliphatic carbocycles. The van der Waals surface area contributed by atoms with Crippen molar-refractivity contribution >= 4 is 0 Å². The summed E-state index contributed by atoms with van der Waals surface area (Å²) in [6.07, 6.45) is 0.